The topological polar surface area (TPSA) is 61.7 Å². The van der Waals surface area contributed by atoms with Crippen LogP contribution < -0.4 is 0 Å². The second-order valence-electron chi connectivity index (χ2n) is 7.61. The minimum absolute atomic E-state index is 0.0366. The Balaban J connectivity index is 1.49. The largest absolute Gasteiger partial charge is 0.336 e. The lowest BCUT2D eigenvalue weighted by atomic mass is 9.95. The number of hydrogen-bond donors (Lipinski definition) is 0. The summed E-state index contributed by atoms with van der Waals surface area (Å²) in [6.45, 7) is 2.35. The van der Waals surface area contributed by atoms with E-state index in [1.165, 1.54) is 0 Å². The third-order valence-electron chi connectivity index (χ3n) is 5.45. The van der Waals surface area contributed by atoms with Gasteiger partial charge >= 0.3 is 6.03 Å². The van der Waals surface area contributed by atoms with Gasteiger partial charge in [-0.05, 0) is 24.8 Å². The molecular weight excluding hydrogens is 330 g/mol. The molecule has 2 bridgehead atoms. The van der Waals surface area contributed by atoms with Crippen molar-refractivity contribution in [2.24, 2.45) is 5.92 Å². The molecule has 0 N–H and O–H groups in total. The zero-order valence-electron chi connectivity index (χ0n) is 15.3. The van der Waals surface area contributed by atoms with Gasteiger partial charge in [-0.1, -0.05) is 18.2 Å². The number of nitrogens with zero attached hydrogens (tertiary/aromatic N) is 5. The van der Waals surface area contributed by atoms with Crippen molar-refractivity contribution in [1.29, 1.82) is 0 Å². The Labute approximate surface area is 153 Å². The van der Waals surface area contributed by atoms with Gasteiger partial charge in [0.2, 0.25) is 5.91 Å². The molecule has 0 unspecified atom stereocenters. The summed E-state index contributed by atoms with van der Waals surface area (Å²) in [5.41, 5.74) is 0.903. The van der Waals surface area contributed by atoms with E-state index in [9.17, 15) is 9.59 Å². The number of aromatic nitrogens is 2. The van der Waals surface area contributed by atoms with E-state index in [-0.39, 0.29) is 24.5 Å². The summed E-state index contributed by atoms with van der Waals surface area (Å²) in [4.78, 5) is 30.8. The Morgan fingerprint density at radius 1 is 1.15 bits per heavy atom. The molecule has 0 aliphatic carbocycles. The van der Waals surface area contributed by atoms with Gasteiger partial charge in [-0.2, -0.15) is 5.10 Å². The molecule has 3 aliphatic rings. The van der Waals surface area contributed by atoms with Crippen LogP contribution in [0.3, 0.4) is 0 Å². The second-order valence-corrected chi connectivity index (χ2v) is 7.61. The summed E-state index contributed by atoms with van der Waals surface area (Å²) in [7, 11) is 3.56. The summed E-state index contributed by atoms with van der Waals surface area (Å²) < 4.78 is 1.73. The van der Waals surface area contributed by atoms with E-state index in [1.54, 1.807) is 23.7 Å². The van der Waals surface area contributed by atoms with Crippen molar-refractivity contribution in [2.75, 3.05) is 33.7 Å². The maximum absolute atomic E-state index is 12.9. The van der Waals surface area contributed by atoms with Crippen LogP contribution in [0.4, 0.5) is 4.79 Å². The van der Waals surface area contributed by atoms with Crippen LogP contribution in [0, 0.1) is 5.92 Å². The number of hydrogen-bond acceptors (Lipinski definition) is 3. The van der Waals surface area contributed by atoms with Crippen molar-refractivity contribution < 1.29 is 9.59 Å². The molecule has 3 amide bonds. The second kappa shape index (κ2) is 6.63. The Morgan fingerprint density at radius 2 is 1.96 bits per heavy atom. The molecule has 3 fully saturated rings. The molecule has 1 aromatic heterocycles. The highest BCUT2D eigenvalue weighted by Crippen LogP contribution is 2.28. The normalized spacial score (nSPS) is 22.5. The number of amides is 3. The summed E-state index contributed by atoms with van der Waals surface area (Å²) in [5.74, 6) is 0.449. The highest BCUT2D eigenvalue weighted by atomic mass is 16.2. The Morgan fingerprint density at radius 3 is 2.73 bits per heavy atom. The molecule has 3 saturated heterocycles. The van der Waals surface area contributed by atoms with Crippen LogP contribution in [0.5, 0.6) is 0 Å². The van der Waals surface area contributed by atoms with E-state index < -0.39 is 0 Å². The first-order valence-electron chi connectivity index (χ1n) is 9.19. The van der Waals surface area contributed by atoms with E-state index in [4.69, 9.17) is 0 Å². The molecule has 2 atom stereocenters. The molecule has 2 aromatic rings. The Hall–Kier alpha value is -2.57. The molecule has 5 rings (SSSR count). The predicted molar refractivity (Wildman–Crippen MR) is 98.6 cm³/mol. The number of fused-ring (bicyclic) bond motifs is 5. The lowest BCUT2D eigenvalue weighted by Crippen LogP contribution is -2.49. The van der Waals surface area contributed by atoms with Crippen molar-refractivity contribution in [3.8, 4) is 0 Å². The number of urea groups is 1. The predicted octanol–water partition coefficient (Wildman–Crippen LogP) is 1.64. The van der Waals surface area contributed by atoms with E-state index in [0.29, 0.717) is 12.5 Å². The summed E-state index contributed by atoms with van der Waals surface area (Å²) >= 11 is 0. The van der Waals surface area contributed by atoms with E-state index in [1.807, 2.05) is 40.3 Å². The monoisotopic (exact) mass is 355 g/mol. The molecule has 0 saturated carbocycles. The van der Waals surface area contributed by atoms with Gasteiger partial charge in [-0.15, -0.1) is 0 Å². The van der Waals surface area contributed by atoms with Gasteiger partial charge in [0.25, 0.3) is 0 Å². The van der Waals surface area contributed by atoms with Crippen LogP contribution >= 0.6 is 0 Å². The summed E-state index contributed by atoms with van der Waals surface area (Å²) in [6, 6.07) is 8.02. The lowest BCUT2D eigenvalue weighted by molar-refractivity contribution is -0.136. The first-order valence-corrected chi connectivity index (χ1v) is 9.19. The van der Waals surface area contributed by atoms with Gasteiger partial charge in [0.15, 0.2) is 0 Å². The molecule has 3 aliphatic heterocycles. The molecular formula is C19H25N5O2. The minimum atomic E-state index is 0.0366. The van der Waals surface area contributed by atoms with Crippen molar-refractivity contribution in [3.05, 3.63) is 30.5 Å². The van der Waals surface area contributed by atoms with E-state index in [2.05, 4.69) is 5.10 Å². The molecule has 0 spiro atoms. The van der Waals surface area contributed by atoms with Crippen LogP contribution in [0.2, 0.25) is 0 Å². The zero-order chi connectivity index (χ0) is 18.3. The molecule has 0 radical (unpaired) electrons. The number of rotatable bonds is 2. The fourth-order valence-corrected chi connectivity index (χ4v) is 4.15. The molecule has 138 valence electrons. The summed E-state index contributed by atoms with van der Waals surface area (Å²) in [6.07, 6.45) is 3.97. The number of carbonyl (C=O) groups is 2. The van der Waals surface area contributed by atoms with Crippen LogP contribution in [0.25, 0.3) is 10.9 Å². The summed E-state index contributed by atoms with van der Waals surface area (Å²) in [5, 5.41) is 5.54. The Bertz CT molecular complexity index is 797. The van der Waals surface area contributed by atoms with Crippen LogP contribution in [-0.4, -0.2) is 76.2 Å². The van der Waals surface area contributed by atoms with Crippen LogP contribution in [-0.2, 0) is 11.3 Å². The van der Waals surface area contributed by atoms with Gasteiger partial charge in [-0.3, -0.25) is 9.48 Å². The fraction of sp³-hybridized carbons (Fsp3) is 0.526. The first-order chi connectivity index (χ1) is 12.5. The molecule has 26 heavy (non-hydrogen) atoms. The van der Waals surface area contributed by atoms with Gasteiger partial charge in [-0.25, -0.2) is 4.79 Å². The van der Waals surface area contributed by atoms with Crippen molar-refractivity contribution >= 4 is 22.8 Å². The molecule has 4 heterocycles. The quantitative estimate of drug-likeness (QED) is 0.823. The smallest absolute Gasteiger partial charge is 0.319 e. The van der Waals surface area contributed by atoms with Gasteiger partial charge in [0.05, 0.1) is 5.52 Å². The highest BCUT2D eigenvalue weighted by molar-refractivity contribution is 5.80. The molecule has 7 heteroatoms. The Kier molecular flexibility index (Phi) is 4.30. The number of carbonyl (C=O) groups excluding carboxylic acids is 2. The van der Waals surface area contributed by atoms with Crippen molar-refractivity contribution in [2.45, 2.75) is 25.4 Å². The first kappa shape index (κ1) is 16.9. The third-order valence-corrected chi connectivity index (χ3v) is 5.45. The van der Waals surface area contributed by atoms with Gasteiger partial charge < -0.3 is 14.7 Å². The highest BCUT2D eigenvalue weighted by Gasteiger charge is 2.38. The van der Waals surface area contributed by atoms with Gasteiger partial charge in [0.1, 0.15) is 6.54 Å². The minimum Gasteiger partial charge on any atom is -0.336 e. The average molecular weight is 355 g/mol. The van der Waals surface area contributed by atoms with Crippen molar-refractivity contribution in [1.82, 2.24) is 24.5 Å². The number of piperidine rings is 1. The number of benzene rings is 1. The lowest BCUT2D eigenvalue weighted by Gasteiger charge is -2.36. The SMILES string of the molecule is CN(C)C(=O)N1C[C@@H]2CC[C@H](C1)N(C(=O)Cn1cc3ccccc3n1)C2. The third kappa shape index (κ3) is 3.13. The molecule has 1 aromatic carbocycles. The van der Waals surface area contributed by atoms with Crippen molar-refractivity contribution in [3.63, 3.8) is 0 Å². The standard InChI is InChI=1S/C19H25N5O2/c1-21(2)19(26)22-9-14-7-8-16(12-22)24(10-14)18(25)13-23-11-15-5-3-4-6-17(15)20-23/h3-6,11,14,16H,7-10,12-13H2,1-2H3/t14-,16+/m0/s1. The van der Waals surface area contributed by atoms with Crippen LogP contribution in [0.1, 0.15) is 12.8 Å². The fourth-order valence-electron chi connectivity index (χ4n) is 4.15. The zero-order valence-corrected chi connectivity index (χ0v) is 15.3. The maximum Gasteiger partial charge on any atom is 0.319 e. The van der Waals surface area contributed by atoms with E-state index in [0.717, 1.165) is 36.8 Å². The van der Waals surface area contributed by atoms with Gasteiger partial charge in [0, 0.05) is 51.4 Å². The molecule has 7 nitrogen and oxygen atoms in total. The maximum atomic E-state index is 12.9. The van der Waals surface area contributed by atoms with Crippen LogP contribution in [0.15, 0.2) is 30.5 Å². The average Bonchev–Trinajstić information content (AvgIpc) is 2.80. The van der Waals surface area contributed by atoms with E-state index >= 15 is 0 Å².